The average molecular weight is 269 g/mol. The van der Waals surface area contributed by atoms with Gasteiger partial charge in [0.05, 0.1) is 11.1 Å². The molecule has 0 amide bonds. The van der Waals surface area contributed by atoms with E-state index in [9.17, 15) is 18.0 Å². The van der Waals surface area contributed by atoms with Gasteiger partial charge in [-0.05, 0) is 34.6 Å². The van der Waals surface area contributed by atoms with Crippen molar-refractivity contribution >= 4 is 10.9 Å². The van der Waals surface area contributed by atoms with Crippen LogP contribution in [0.15, 0.2) is 29.1 Å². The summed E-state index contributed by atoms with van der Waals surface area (Å²) in [5.74, 6) is 0. The Kier molecular flexibility index (Phi) is 2.96. The fraction of sp³-hybridized carbons (Fsp3) is 0.357. The number of benzene rings is 1. The predicted octanol–water partition coefficient (Wildman–Crippen LogP) is 3.84. The summed E-state index contributed by atoms with van der Waals surface area (Å²) in [5, 5.41) is 0.388. The van der Waals surface area contributed by atoms with E-state index in [1.54, 1.807) is 6.07 Å². The third-order valence-electron chi connectivity index (χ3n) is 3.00. The number of pyridine rings is 1. The van der Waals surface area contributed by atoms with Crippen molar-refractivity contribution in [1.29, 1.82) is 0 Å². The SMILES string of the molecule is CC(C)(C)c1cc(C(F)(F)F)c2[nH]c(=O)ccc2c1. The van der Waals surface area contributed by atoms with Gasteiger partial charge in [-0.2, -0.15) is 13.2 Å². The highest BCUT2D eigenvalue weighted by Crippen LogP contribution is 2.37. The van der Waals surface area contributed by atoms with E-state index in [1.165, 1.54) is 12.1 Å². The van der Waals surface area contributed by atoms with E-state index < -0.39 is 22.7 Å². The van der Waals surface area contributed by atoms with Crippen molar-refractivity contribution in [1.82, 2.24) is 4.98 Å². The lowest BCUT2D eigenvalue weighted by atomic mass is 9.85. The first-order chi connectivity index (χ1) is 8.59. The second kappa shape index (κ2) is 4.11. The molecule has 19 heavy (non-hydrogen) atoms. The number of rotatable bonds is 0. The normalized spacial score (nSPS) is 12.9. The molecule has 0 atom stereocenters. The standard InChI is InChI=1S/C14H14F3NO/c1-13(2,3)9-6-8-4-5-11(19)18-12(8)10(7-9)14(15,16)17/h4-7H,1-3H3,(H,18,19). The zero-order valence-corrected chi connectivity index (χ0v) is 10.9. The highest BCUT2D eigenvalue weighted by molar-refractivity contribution is 5.83. The van der Waals surface area contributed by atoms with Crippen LogP contribution in [-0.2, 0) is 11.6 Å². The molecule has 0 fully saturated rings. The van der Waals surface area contributed by atoms with Gasteiger partial charge in [-0.1, -0.05) is 20.8 Å². The Morgan fingerprint density at radius 3 is 2.21 bits per heavy atom. The molecule has 0 aliphatic heterocycles. The van der Waals surface area contributed by atoms with Crippen molar-refractivity contribution in [3.05, 3.63) is 45.7 Å². The van der Waals surface area contributed by atoms with Crippen LogP contribution in [0.1, 0.15) is 31.9 Å². The zero-order valence-electron chi connectivity index (χ0n) is 10.9. The molecule has 0 aliphatic carbocycles. The first-order valence-electron chi connectivity index (χ1n) is 5.84. The second-order valence-corrected chi connectivity index (χ2v) is 5.56. The maximum atomic E-state index is 13.1. The number of H-pyrrole nitrogens is 1. The number of nitrogens with one attached hydrogen (secondary N) is 1. The smallest absolute Gasteiger partial charge is 0.321 e. The molecule has 2 rings (SSSR count). The van der Waals surface area contributed by atoms with Crippen molar-refractivity contribution in [2.24, 2.45) is 0 Å². The Balaban J connectivity index is 2.89. The van der Waals surface area contributed by atoms with Crippen molar-refractivity contribution in [3.8, 4) is 0 Å². The Morgan fingerprint density at radius 2 is 1.68 bits per heavy atom. The van der Waals surface area contributed by atoms with Crippen LogP contribution in [0.3, 0.4) is 0 Å². The summed E-state index contributed by atoms with van der Waals surface area (Å²) in [7, 11) is 0. The summed E-state index contributed by atoms with van der Waals surface area (Å²) in [4.78, 5) is 13.5. The fourth-order valence-corrected chi connectivity index (χ4v) is 1.92. The monoisotopic (exact) mass is 269 g/mol. The summed E-state index contributed by atoms with van der Waals surface area (Å²) in [6.07, 6.45) is -4.50. The maximum Gasteiger partial charge on any atom is 0.418 e. The number of aromatic amines is 1. The van der Waals surface area contributed by atoms with Gasteiger partial charge in [0, 0.05) is 6.07 Å². The quantitative estimate of drug-likeness (QED) is 0.774. The van der Waals surface area contributed by atoms with Gasteiger partial charge in [0.25, 0.3) is 0 Å². The molecule has 0 radical (unpaired) electrons. The average Bonchev–Trinajstić information content (AvgIpc) is 2.24. The summed E-state index contributed by atoms with van der Waals surface area (Å²) >= 11 is 0. The number of hydrogen-bond acceptors (Lipinski definition) is 1. The highest BCUT2D eigenvalue weighted by Gasteiger charge is 2.34. The lowest BCUT2D eigenvalue weighted by molar-refractivity contribution is -0.136. The van der Waals surface area contributed by atoms with E-state index in [2.05, 4.69) is 4.98 Å². The first kappa shape index (κ1) is 13.6. The number of hydrogen-bond donors (Lipinski definition) is 1. The minimum absolute atomic E-state index is 0.159. The first-order valence-corrected chi connectivity index (χ1v) is 5.84. The lowest BCUT2D eigenvalue weighted by Crippen LogP contribution is -2.16. The van der Waals surface area contributed by atoms with Crippen LogP contribution in [0, 0.1) is 0 Å². The van der Waals surface area contributed by atoms with Crippen LogP contribution in [0.5, 0.6) is 0 Å². The Hall–Kier alpha value is -1.78. The van der Waals surface area contributed by atoms with Crippen LogP contribution in [0.25, 0.3) is 10.9 Å². The zero-order chi connectivity index (χ0) is 14.4. The van der Waals surface area contributed by atoms with Gasteiger partial charge in [0.1, 0.15) is 0 Å². The van der Waals surface area contributed by atoms with E-state index >= 15 is 0 Å². The molecule has 0 spiro atoms. The minimum atomic E-state index is -4.50. The number of aromatic nitrogens is 1. The molecule has 2 nitrogen and oxygen atoms in total. The van der Waals surface area contributed by atoms with E-state index in [0.29, 0.717) is 10.9 Å². The van der Waals surface area contributed by atoms with Gasteiger partial charge in [0.15, 0.2) is 0 Å². The van der Waals surface area contributed by atoms with Crippen molar-refractivity contribution in [3.63, 3.8) is 0 Å². The van der Waals surface area contributed by atoms with E-state index in [4.69, 9.17) is 0 Å². The molecule has 0 unspecified atom stereocenters. The van der Waals surface area contributed by atoms with Gasteiger partial charge < -0.3 is 4.98 Å². The number of halogens is 3. The molecule has 102 valence electrons. The third kappa shape index (κ3) is 2.64. The van der Waals surface area contributed by atoms with Gasteiger partial charge in [-0.3, -0.25) is 4.79 Å². The van der Waals surface area contributed by atoms with Crippen LogP contribution in [-0.4, -0.2) is 4.98 Å². The highest BCUT2D eigenvalue weighted by atomic mass is 19.4. The molecule has 1 aromatic heterocycles. The van der Waals surface area contributed by atoms with E-state index in [0.717, 1.165) is 6.07 Å². The van der Waals surface area contributed by atoms with E-state index in [1.807, 2.05) is 20.8 Å². The molecule has 0 saturated heterocycles. The topological polar surface area (TPSA) is 32.9 Å². The summed E-state index contributed by atoms with van der Waals surface area (Å²) < 4.78 is 39.3. The Morgan fingerprint density at radius 1 is 1.05 bits per heavy atom. The molecule has 1 N–H and O–H groups in total. The van der Waals surface area contributed by atoms with Crippen LogP contribution < -0.4 is 5.56 Å². The third-order valence-corrected chi connectivity index (χ3v) is 3.00. The van der Waals surface area contributed by atoms with E-state index in [-0.39, 0.29) is 5.52 Å². The Bertz CT molecular complexity index is 678. The number of alkyl halides is 3. The molecule has 0 aliphatic rings. The number of fused-ring (bicyclic) bond motifs is 1. The van der Waals surface area contributed by atoms with Gasteiger partial charge in [-0.25, -0.2) is 0 Å². The van der Waals surface area contributed by atoms with Gasteiger partial charge in [-0.15, -0.1) is 0 Å². The molecular formula is C14H14F3NO. The lowest BCUT2D eigenvalue weighted by Gasteiger charge is -2.22. The molecule has 0 saturated carbocycles. The largest absolute Gasteiger partial charge is 0.418 e. The molecule has 1 aromatic carbocycles. The minimum Gasteiger partial charge on any atom is -0.321 e. The molecule has 5 heteroatoms. The molecule has 2 aromatic rings. The van der Waals surface area contributed by atoms with Crippen molar-refractivity contribution < 1.29 is 13.2 Å². The second-order valence-electron chi connectivity index (χ2n) is 5.56. The van der Waals surface area contributed by atoms with Crippen molar-refractivity contribution in [2.75, 3.05) is 0 Å². The summed E-state index contributed by atoms with van der Waals surface area (Å²) in [5.41, 5.74) is -1.31. The van der Waals surface area contributed by atoms with Crippen LogP contribution in [0.4, 0.5) is 13.2 Å². The van der Waals surface area contributed by atoms with Crippen molar-refractivity contribution in [2.45, 2.75) is 32.4 Å². The summed E-state index contributed by atoms with van der Waals surface area (Å²) in [6.45, 7) is 5.54. The molecule has 1 heterocycles. The summed E-state index contributed by atoms with van der Waals surface area (Å²) in [6, 6.07) is 5.44. The molecular weight excluding hydrogens is 255 g/mol. The fourth-order valence-electron chi connectivity index (χ4n) is 1.92. The van der Waals surface area contributed by atoms with Gasteiger partial charge >= 0.3 is 6.18 Å². The maximum absolute atomic E-state index is 13.1. The molecule has 0 bridgehead atoms. The predicted molar refractivity (Wildman–Crippen MR) is 68.3 cm³/mol. The van der Waals surface area contributed by atoms with Crippen LogP contribution >= 0.6 is 0 Å². The van der Waals surface area contributed by atoms with Gasteiger partial charge in [0.2, 0.25) is 5.56 Å². The van der Waals surface area contributed by atoms with Crippen LogP contribution in [0.2, 0.25) is 0 Å². The Labute approximate surface area is 108 Å².